The van der Waals surface area contributed by atoms with Gasteiger partial charge < -0.3 is 5.11 Å². The molecule has 0 atom stereocenters. The van der Waals surface area contributed by atoms with E-state index in [2.05, 4.69) is 4.72 Å². The predicted molar refractivity (Wildman–Crippen MR) is 75.8 cm³/mol. The third-order valence-electron chi connectivity index (χ3n) is 2.50. The standard InChI is InChI=1S/C13H11ClFNO3S/c14-10-6-12(13(17)7-11(10)15)16-20(18,19)8-9-4-2-1-3-5-9/h1-7,16-17H,8H2. The number of benzene rings is 2. The number of anilines is 1. The van der Waals surface area contributed by atoms with E-state index in [9.17, 15) is 17.9 Å². The number of halogens is 2. The molecule has 7 heteroatoms. The average Bonchev–Trinajstić information content (AvgIpc) is 2.36. The average molecular weight is 316 g/mol. The van der Waals surface area contributed by atoms with Crippen molar-refractivity contribution >= 4 is 27.3 Å². The van der Waals surface area contributed by atoms with Crippen molar-refractivity contribution in [3.63, 3.8) is 0 Å². The molecule has 0 heterocycles. The normalized spacial score (nSPS) is 11.3. The van der Waals surface area contributed by atoms with Gasteiger partial charge in [-0.1, -0.05) is 41.9 Å². The summed E-state index contributed by atoms with van der Waals surface area (Å²) in [4.78, 5) is 0. The minimum atomic E-state index is -3.73. The van der Waals surface area contributed by atoms with Gasteiger partial charge in [0.05, 0.1) is 16.5 Å². The van der Waals surface area contributed by atoms with Crippen molar-refractivity contribution in [2.75, 3.05) is 4.72 Å². The topological polar surface area (TPSA) is 66.4 Å². The monoisotopic (exact) mass is 315 g/mol. The van der Waals surface area contributed by atoms with Crippen molar-refractivity contribution in [2.24, 2.45) is 0 Å². The van der Waals surface area contributed by atoms with Gasteiger partial charge in [0.25, 0.3) is 0 Å². The number of phenols is 1. The highest BCUT2D eigenvalue weighted by atomic mass is 35.5. The number of sulfonamides is 1. The van der Waals surface area contributed by atoms with Gasteiger partial charge in [-0.3, -0.25) is 4.72 Å². The first-order valence-electron chi connectivity index (χ1n) is 5.60. The summed E-state index contributed by atoms with van der Waals surface area (Å²) in [5.74, 6) is -1.61. The van der Waals surface area contributed by atoms with Crippen LogP contribution in [0.5, 0.6) is 5.75 Å². The smallest absolute Gasteiger partial charge is 0.237 e. The van der Waals surface area contributed by atoms with Crippen LogP contribution in [0.2, 0.25) is 5.02 Å². The molecule has 4 nitrogen and oxygen atoms in total. The van der Waals surface area contributed by atoms with E-state index in [1.54, 1.807) is 30.3 Å². The number of nitrogens with one attached hydrogen (secondary N) is 1. The van der Waals surface area contributed by atoms with Crippen LogP contribution in [0.15, 0.2) is 42.5 Å². The molecule has 0 aliphatic carbocycles. The maximum Gasteiger partial charge on any atom is 0.237 e. The Bertz CT molecular complexity index is 720. The highest BCUT2D eigenvalue weighted by Crippen LogP contribution is 2.30. The van der Waals surface area contributed by atoms with Gasteiger partial charge in [0, 0.05) is 6.07 Å². The van der Waals surface area contributed by atoms with Crippen LogP contribution in [-0.4, -0.2) is 13.5 Å². The number of phenolic OH excluding ortho intramolecular Hbond substituents is 1. The Hall–Kier alpha value is -1.79. The summed E-state index contributed by atoms with van der Waals surface area (Å²) < 4.78 is 39.2. The van der Waals surface area contributed by atoms with Crippen LogP contribution in [0.3, 0.4) is 0 Å². The maximum atomic E-state index is 13.1. The van der Waals surface area contributed by atoms with E-state index in [-0.39, 0.29) is 16.5 Å². The van der Waals surface area contributed by atoms with Gasteiger partial charge >= 0.3 is 0 Å². The lowest BCUT2D eigenvalue weighted by Gasteiger charge is -2.10. The molecule has 0 unspecified atom stereocenters. The van der Waals surface area contributed by atoms with Crippen molar-refractivity contribution in [1.29, 1.82) is 0 Å². The van der Waals surface area contributed by atoms with Crippen LogP contribution < -0.4 is 4.72 Å². The molecule has 0 amide bonds. The molecule has 0 aromatic heterocycles. The lowest BCUT2D eigenvalue weighted by Crippen LogP contribution is -2.15. The van der Waals surface area contributed by atoms with Gasteiger partial charge in [0.15, 0.2) is 0 Å². The first kappa shape index (κ1) is 14.6. The van der Waals surface area contributed by atoms with Crippen LogP contribution in [-0.2, 0) is 15.8 Å². The quantitative estimate of drug-likeness (QED) is 0.852. The largest absolute Gasteiger partial charge is 0.506 e. The summed E-state index contributed by atoms with van der Waals surface area (Å²) in [6.45, 7) is 0. The van der Waals surface area contributed by atoms with Crippen molar-refractivity contribution in [1.82, 2.24) is 0 Å². The van der Waals surface area contributed by atoms with E-state index in [0.717, 1.165) is 12.1 Å². The fourth-order valence-electron chi connectivity index (χ4n) is 1.62. The molecule has 2 aromatic carbocycles. The van der Waals surface area contributed by atoms with Gasteiger partial charge in [-0.15, -0.1) is 0 Å². The molecular weight excluding hydrogens is 305 g/mol. The van der Waals surface area contributed by atoms with E-state index >= 15 is 0 Å². The lowest BCUT2D eigenvalue weighted by atomic mass is 10.2. The SMILES string of the molecule is O=S(=O)(Cc1ccccc1)Nc1cc(Cl)c(F)cc1O. The summed E-state index contributed by atoms with van der Waals surface area (Å²) in [6, 6.07) is 10.3. The minimum absolute atomic E-state index is 0.160. The van der Waals surface area contributed by atoms with E-state index in [1.807, 2.05) is 0 Å². The second kappa shape index (κ2) is 5.68. The second-order valence-electron chi connectivity index (χ2n) is 4.13. The molecule has 0 aliphatic heterocycles. The van der Waals surface area contributed by atoms with Crippen molar-refractivity contribution in [3.8, 4) is 5.75 Å². The van der Waals surface area contributed by atoms with Crippen LogP contribution in [0.25, 0.3) is 0 Å². The number of hydrogen-bond acceptors (Lipinski definition) is 3. The zero-order valence-corrected chi connectivity index (χ0v) is 11.7. The van der Waals surface area contributed by atoms with E-state index in [4.69, 9.17) is 11.6 Å². The van der Waals surface area contributed by atoms with Crippen LogP contribution in [0.4, 0.5) is 10.1 Å². The first-order valence-corrected chi connectivity index (χ1v) is 7.63. The number of aromatic hydroxyl groups is 1. The van der Waals surface area contributed by atoms with E-state index in [1.165, 1.54) is 0 Å². The highest BCUT2D eigenvalue weighted by molar-refractivity contribution is 7.91. The molecule has 0 bridgehead atoms. The molecule has 0 saturated heterocycles. The Labute approximate surface area is 120 Å². The Morgan fingerprint density at radius 3 is 2.50 bits per heavy atom. The third kappa shape index (κ3) is 3.61. The van der Waals surface area contributed by atoms with Crippen LogP contribution in [0.1, 0.15) is 5.56 Å². The van der Waals surface area contributed by atoms with E-state index in [0.29, 0.717) is 5.56 Å². The molecule has 0 aliphatic rings. The zero-order valence-electron chi connectivity index (χ0n) is 10.2. The second-order valence-corrected chi connectivity index (χ2v) is 6.26. The fraction of sp³-hybridized carbons (Fsp3) is 0.0769. The molecular formula is C13H11ClFNO3S. The molecule has 0 saturated carbocycles. The molecule has 2 aromatic rings. The molecule has 0 fully saturated rings. The number of rotatable bonds is 4. The molecule has 0 radical (unpaired) electrons. The summed E-state index contributed by atoms with van der Waals surface area (Å²) in [7, 11) is -3.73. The zero-order chi connectivity index (χ0) is 14.8. The molecule has 2 rings (SSSR count). The van der Waals surface area contributed by atoms with Crippen molar-refractivity contribution < 1.29 is 17.9 Å². The summed E-state index contributed by atoms with van der Waals surface area (Å²) in [6.07, 6.45) is 0. The first-order chi connectivity index (χ1) is 9.37. The summed E-state index contributed by atoms with van der Waals surface area (Å²) in [5, 5.41) is 9.24. The van der Waals surface area contributed by atoms with Crippen LogP contribution >= 0.6 is 11.6 Å². The molecule has 20 heavy (non-hydrogen) atoms. The van der Waals surface area contributed by atoms with Gasteiger partial charge in [-0.05, 0) is 11.6 Å². The fourth-order valence-corrected chi connectivity index (χ4v) is 2.98. The van der Waals surface area contributed by atoms with Gasteiger partial charge in [0.1, 0.15) is 11.6 Å². The number of hydrogen-bond donors (Lipinski definition) is 2. The predicted octanol–water partition coefficient (Wildman–Crippen LogP) is 3.13. The van der Waals surface area contributed by atoms with Gasteiger partial charge in [-0.25, -0.2) is 12.8 Å². The molecule has 106 valence electrons. The Balaban J connectivity index is 2.23. The Morgan fingerprint density at radius 1 is 1.20 bits per heavy atom. The third-order valence-corrected chi connectivity index (χ3v) is 4.04. The Morgan fingerprint density at radius 2 is 1.85 bits per heavy atom. The molecule has 2 N–H and O–H groups in total. The van der Waals surface area contributed by atoms with Crippen molar-refractivity contribution in [3.05, 3.63) is 58.9 Å². The molecule has 0 spiro atoms. The Kier molecular flexibility index (Phi) is 4.15. The van der Waals surface area contributed by atoms with E-state index < -0.39 is 21.6 Å². The highest BCUT2D eigenvalue weighted by Gasteiger charge is 2.15. The van der Waals surface area contributed by atoms with Crippen molar-refractivity contribution in [2.45, 2.75) is 5.75 Å². The van der Waals surface area contributed by atoms with Gasteiger partial charge in [-0.2, -0.15) is 0 Å². The summed E-state index contributed by atoms with van der Waals surface area (Å²) in [5.41, 5.74) is 0.431. The minimum Gasteiger partial charge on any atom is -0.506 e. The van der Waals surface area contributed by atoms with Crippen LogP contribution in [0, 0.1) is 5.82 Å². The summed E-state index contributed by atoms with van der Waals surface area (Å²) >= 11 is 5.55. The van der Waals surface area contributed by atoms with Gasteiger partial charge in [0.2, 0.25) is 10.0 Å². The lowest BCUT2D eigenvalue weighted by molar-refractivity contribution is 0.471. The maximum absolute atomic E-state index is 13.1.